The van der Waals surface area contributed by atoms with Gasteiger partial charge in [0.1, 0.15) is 17.8 Å². The number of methoxy groups -OCH3 is 1. The fraction of sp³-hybridized carbons (Fsp3) is 0.545. The van der Waals surface area contributed by atoms with E-state index in [1.165, 1.54) is 7.11 Å². The molecule has 0 atom stereocenters. The fourth-order valence-corrected chi connectivity index (χ4v) is 4.15. The van der Waals surface area contributed by atoms with Crippen molar-refractivity contribution in [2.75, 3.05) is 20.3 Å². The number of nitrogens with one attached hydrogen (secondary N) is 2. The molecule has 9 heteroatoms. The van der Waals surface area contributed by atoms with Crippen LogP contribution in [0.4, 0.5) is 4.79 Å². The van der Waals surface area contributed by atoms with Crippen molar-refractivity contribution in [2.24, 2.45) is 5.92 Å². The minimum atomic E-state index is -0.908. The molecule has 0 bridgehead atoms. The summed E-state index contributed by atoms with van der Waals surface area (Å²) in [6.45, 7) is 1.32. The molecule has 1 saturated heterocycles. The van der Waals surface area contributed by atoms with Gasteiger partial charge in [0.2, 0.25) is 0 Å². The van der Waals surface area contributed by atoms with Crippen LogP contribution in [0.3, 0.4) is 0 Å². The number of nitrogens with zero attached hydrogens (tertiary/aromatic N) is 1. The monoisotopic (exact) mass is 431 g/mol. The first kappa shape index (κ1) is 22.6. The van der Waals surface area contributed by atoms with Crippen LogP contribution in [0.5, 0.6) is 5.75 Å². The maximum atomic E-state index is 12.8. The van der Waals surface area contributed by atoms with E-state index in [2.05, 4.69) is 17.6 Å². The number of amides is 4. The molecule has 0 radical (unpaired) electrons. The number of rotatable bonds is 8. The molecule has 1 spiro atoms. The van der Waals surface area contributed by atoms with Gasteiger partial charge in [0, 0.05) is 12.1 Å². The van der Waals surface area contributed by atoms with Crippen LogP contribution < -0.4 is 15.4 Å². The summed E-state index contributed by atoms with van der Waals surface area (Å²) >= 11 is 0. The summed E-state index contributed by atoms with van der Waals surface area (Å²) in [7, 11) is 1.54. The number of hydrogen-bond donors (Lipinski definition) is 2. The van der Waals surface area contributed by atoms with Crippen LogP contribution in [0.25, 0.3) is 0 Å². The van der Waals surface area contributed by atoms with Crippen LogP contribution in [0.1, 0.15) is 44.6 Å². The summed E-state index contributed by atoms with van der Waals surface area (Å²) in [5, 5.41) is 5.41. The number of benzene rings is 1. The normalized spacial score (nSPS) is 22.9. The summed E-state index contributed by atoms with van der Waals surface area (Å²) in [5.41, 5.74) is -0.123. The zero-order valence-corrected chi connectivity index (χ0v) is 17.9. The molecule has 3 rings (SSSR count). The highest BCUT2D eigenvalue weighted by molar-refractivity contribution is 6.08. The average Bonchev–Trinajstić information content (AvgIpc) is 3.01. The van der Waals surface area contributed by atoms with Crippen LogP contribution in [0.2, 0.25) is 0 Å². The number of urea groups is 1. The lowest BCUT2D eigenvalue weighted by molar-refractivity contribution is -0.151. The van der Waals surface area contributed by atoms with Gasteiger partial charge in [0.15, 0.2) is 6.61 Å². The minimum absolute atomic E-state index is 0.217. The molecule has 1 aliphatic heterocycles. The number of hydrogen-bond acceptors (Lipinski definition) is 6. The van der Waals surface area contributed by atoms with Gasteiger partial charge in [-0.3, -0.25) is 19.3 Å². The minimum Gasteiger partial charge on any atom is -0.496 e. The molecular weight excluding hydrogens is 402 g/mol. The number of carbonyl (C=O) groups excluding carboxylic acids is 4. The SMILES string of the molecule is CCC1CCC2(CC1)NC(=O)N(CC(=O)OCC(=O)NCc1ccccc1OC)C2=O. The Morgan fingerprint density at radius 3 is 2.61 bits per heavy atom. The van der Waals surface area contributed by atoms with Crippen LogP contribution >= 0.6 is 0 Å². The Balaban J connectivity index is 1.45. The Kier molecular flexibility index (Phi) is 7.14. The summed E-state index contributed by atoms with van der Waals surface area (Å²) < 4.78 is 10.2. The van der Waals surface area contributed by atoms with Crippen molar-refractivity contribution in [3.8, 4) is 5.75 Å². The molecule has 2 aliphatic rings. The predicted molar refractivity (Wildman–Crippen MR) is 111 cm³/mol. The fourth-order valence-electron chi connectivity index (χ4n) is 4.15. The Morgan fingerprint density at radius 2 is 1.94 bits per heavy atom. The van der Waals surface area contributed by atoms with Gasteiger partial charge in [0.25, 0.3) is 11.8 Å². The van der Waals surface area contributed by atoms with Gasteiger partial charge in [-0.05, 0) is 37.7 Å². The predicted octanol–water partition coefficient (Wildman–Crippen LogP) is 1.75. The van der Waals surface area contributed by atoms with E-state index in [4.69, 9.17) is 9.47 Å². The van der Waals surface area contributed by atoms with Crippen molar-refractivity contribution in [3.05, 3.63) is 29.8 Å². The van der Waals surface area contributed by atoms with Gasteiger partial charge in [-0.15, -0.1) is 0 Å². The second-order valence-electron chi connectivity index (χ2n) is 8.00. The third kappa shape index (κ3) is 5.15. The molecule has 1 heterocycles. The molecule has 9 nitrogen and oxygen atoms in total. The molecule has 4 amide bonds. The van der Waals surface area contributed by atoms with Gasteiger partial charge >= 0.3 is 12.0 Å². The second kappa shape index (κ2) is 9.80. The molecule has 1 aliphatic carbocycles. The van der Waals surface area contributed by atoms with Crippen molar-refractivity contribution in [2.45, 2.75) is 51.1 Å². The van der Waals surface area contributed by atoms with Crippen molar-refractivity contribution < 1.29 is 28.7 Å². The van der Waals surface area contributed by atoms with Crippen LogP contribution in [-0.4, -0.2) is 54.5 Å². The Hall–Kier alpha value is -3.10. The highest BCUT2D eigenvalue weighted by atomic mass is 16.5. The maximum absolute atomic E-state index is 12.8. The number of carbonyl (C=O) groups is 4. The largest absolute Gasteiger partial charge is 0.496 e. The average molecular weight is 431 g/mol. The van der Waals surface area contributed by atoms with Gasteiger partial charge in [-0.25, -0.2) is 4.79 Å². The first-order valence-electron chi connectivity index (χ1n) is 10.6. The zero-order chi connectivity index (χ0) is 22.4. The third-order valence-electron chi connectivity index (χ3n) is 6.10. The highest BCUT2D eigenvalue weighted by Crippen LogP contribution is 2.37. The van der Waals surface area contributed by atoms with E-state index in [1.54, 1.807) is 6.07 Å². The van der Waals surface area contributed by atoms with Gasteiger partial charge in [-0.2, -0.15) is 0 Å². The van der Waals surface area contributed by atoms with Crippen LogP contribution in [-0.2, 0) is 25.7 Å². The lowest BCUT2D eigenvalue weighted by atomic mass is 9.75. The first-order chi connectivity index (χ1) is 14.9. The third-order valence-corrected chi connectivity index (χ3v) is 6.10. The van der Waals surface area contributed by atoms with Crippen LogP contribution in [0, 0.1) is 5.92 Å². The molecule has 0 aromatic heterocycles. The maximum Gasteiger partial charge on any atom is 0.326 e. The second-order valence-corrected chi connectivity index (χ2v) is 8.00. The van der Waals surface area contributed by atoms with Gasteiger partial charge < -0.3 is 20.1 Å². The first-order valence-corrected chi connectivity index (χ1v) is 10.6. The molecule has 1 saturated carbocycles. The van der Waals surface area contributed by atoms with Gasteiger partial charge in [0.05, 0.1) is 7.11 Å². The molecular formula is C22H29N3O6. The lowest BCUT2D eigenvalue weighted by Gasteiger charge is -2.34. The van der Waals surface area contributed by atoms with E-state index >= 15 is 0 Å². The Morgan fingerprint density at radius 1 is 1.23 bits per heavy atom. The van der Waals surface area contributed by atoms with E-state index in [9.17, 15) is 19.2 Å². The summed E-state index contributed by atoms with van der Waals surface area (Å²) in [6.07, 6.45) is 3.94. The zero-order valence-electron chi connectivity index (χ0n) is 17.9. The van der Waals surface area contributed by atoms with Crippen molar-refractivity contribution in [1.29, 1.82) is 0 Å². The molecule has 168 valence electrons. The summed E-state index contributed by atoms with van der Waals surface area (Å²) in [5.74, 6) is -0.491. The molecule has 2 fully saturated rings. The molecule has 2 N–H and O–H groups in total. The smallest absolute Gasteiger partial charge is 0.326 e. The molecule has 1 aromatic rings. The van der Waals surface area contributed by atoms with Crippen LogP contribution in [0.15, 0.2) is 24.3 Å². The summed E-state index contributed by atoms with van der Waals surface area (Å²) in [4.78, 5) is 50.2. The summed E-state index contributed by atoms with van der Waals surface area (Å²) in [6, 6.07) is 6.65. The van der Waals surface area contributed by atoms with Crippen molar-refractivity contribution >= 4 is 23.8 Å². The Bertz CT molecular complexity index is 847. The molecule has 31 heavy (non-hydrogen) atoms. The standard InChI is InChI=1S/C22H29N3O6/c1-3-15-8-10-22(11-9-15)20(28)25(21(29)24-22)13-19(27)31-14-18(26)23-12-16-6-4-5-7-17(16)30-2/h4-7,15H,3,8-14H2,1-2H3,(H,23,26)(H,24,29). The molecule has 1 aromatic carbocycles. The highest BCUT2D eigenvalue weighted by Gasteiger charge is 2.52. The van der Waals surface area contributed by atoms with E-state index in [0.29, 0.717) is 24.5 Å². The number of esters is 1. The van der Waals surface area contributed by atoms with Crippen molar-refractivity contribution in [1.82, 2.24) is 15.5 Å². The Labute approximate surface area is 181 Å². The lowest BCUT2D eigenvalue weighted by Crippen LogP contribution is -2.49. The number of para-hydroxylation sites is 1. The number of imide groups is 1. The van der Waals surface area contributed by atoms with E-state index in [1.807, 2.05) is 18.2 Å². The van der Waals surface area contributed by atoms with Gasteiger partial charge in [-0.1, -0.05) is 31.5 Å². The topological polar surface area (TPSA) is 114 Å². The quantitative estimate of drug-likeness (QED) is 0.479. The molecule has 0 unspecified atom stereocenters. The van der Waals surface area contributed by atoms with E-state index < -0.39 is 36.6 Å². The van der Waals surface area contributed by atoms with Crippen molar-refractivity contribution in [3.63, 3.8) is 0 Å². The number of ether oxygens (including phenoxy) is 2. The van der Waals surface area contributed by atoms with E-state index in [-0.39, 0.29) is 12.5 Å². The van der Waals surface area contributed by atoms with E-state index in [0.717, 1.165) is 29.7 Å².